The number of carbonyl (C=O) groups is 2. The van der Waals surface area contributed by atoms with Crippen LogP contribution in [0, 0.1) is 19.8 Å². The molecule has 1 aromatic carbocycles. The minimum atomic E-state index is -0.488. The molecule has 3 unspecified atom stereocenters. The van der Waals surface area contributed by atoms with Gasteiger partial charge in [-0.25, -0.2) is 4.68 Å². The number of rotatable bonds is 5. The molecule has 27 heavy (non-hydrogen) atoms. The second-order valence-electron chi connectivity index (χ2n) is 7.21. The largest absolute Gasteiger partial charge is 0.322 e. The topological polar surface area (TPSA) is 88.1 Å². The predicted octanol–water partition coefficient (Wildman–Crippen LogP) is 2.27. The zero-order valence-electron chi connectivity index (χ0n) is 16.2. The fraction of sp³-hybridized carbons (Fsp3) is 0.450. The van der Waals surface area contributed by atoms with Crippen molar-refractivity contribution in [3.8, 4) is 0 Å². The minimum Gasteiger partial charge on any atom is -0.322 e. The van der Waals surface area contributed by atoms with E-state index in [2.05, 4.69) is 21.0 Å². The van der Waals surface area contributed by atoms with E-state index in [0.717, 1.165) is 23.2 Å². The van der Waals surface area contributed by atoms with E-state index in [4.69, 9.17) is 0 Å². The lowest BCUT2D eigenvalue weighted by atomic mass is 9.95. The van der Waals surface area contributed by atoms with Crippen molar-refractivity contribution >= 4 is 17.6 Å². The van der Waals surface area contributed by atoms with Gasteiger partial charge >= 0.3 is 0 Å². The van der Waals surface area contributed by atoms with Gasteiger partial charge in [0.2, 0.25) is 11.8 Å². The molecule has 0 radical (unpaired) electrons. The highest BCUT2D eigenvalue weighted by Crippen LogP contribution is 2.21. The standard InChI is InChI=1S/C20H27N5O2/c1-5-16-14(4)21-20(23-19(16)27)25-17(10-13(3)24-25)22-18(26)11-15-8-6-7-12(2)9-15/h6-10,14,16,20-21H,5,11H2,1-4H3,(H,22,26)(H,23,27). The molecule has 0 spiro atoms. The van der Waals surface area contributed by atoms with E-state index >= 15 is 0 Å². The molecule has 3 rings (SSSR count). The van der Waals surface area contributed by atoms with Crippen LogP contribution in [0.2, 0.25) is 0 Å². The van der Waals surface area contributed by atoms with E-state index in [1.165, 1.54) is 0 Å². The summed E-state index contributed by atoms with van der Waals surface area (Å²) >= 11 is 0. The fourth-order valence-electron chi connectivity index (χ4n) is 3.55. The zero-order valence-corrected chi connectivity index (χ0v) is 16.2. The molecule has 2 aromatic rings. The van der Waals surface area contributed by atoms with Crippen LogP contribution in [-0.4, -0.2) is 27.6 Å². The SMILES string of the molecule is CCC1C(=O)NC(n2nc(C)cc2NC(=O)Cc2cccc(C)c2)NC1C. The maximum atomic E-state index is 12.5. The summed E-state index contributed by atoms with van der Waals surface area (Å²) < 4.78 is 1.63. The smallest absolute Gasteiger partial charge is 0.229 e. The second-order valence-corrected chi connectivity index (χ2v) is 7.21. The van der Waals surface area contributed by atoms with Crippen molar-refractivity contribution in [3.63, 3.8) is 0 Å². The molecular formula is C20H27N5O2. The summed E-state index contributed by atoms with van der Waals surface area (Å²) in [4.78, 5) is 24.9. The maximum Gasteiger partial charge on any atom is 0.229 e. The van der Waals surface area contributed by atoms with Crippen LogP contribution in [0.5, 0.6) is 0 Å². The molecule has 1 saturated heterocycles. The maximum absolute atomic E-state index is 12.5. The Morgan fingerprint density at radius 1 is 1.30 bits per heavy atom. The second kappa shape index (κ2) is 7.92. The van der Waals surface area contributed by atoms with Gasteiger partial charge in [-0.2, -0.15) is 5.10 Å². The first-order valence-electron chi connectivity index (χ1n) is 9.35. The molecule has 2 amide bonds. The number of hydrogen-bond donors (Lipinski definition) is 3. The van der Waals surface area contributed by atoms with Gasteiger partial charge in [0, 0.05) is 12.1 Å². The number of carbonyl (C=O) groups excluding carboxylic acids is 2. The Morgan fingerprint density at radius 3 is 2.74 bits per heavy atom. The van der Waals surface area contributed by atoms with Crippen LogP contribution in [0.1, 0.15) is 43.4 Å². The van der Waals surface area contributed by atoms with Gasteiger partial charge in [0.1, 0.15) is 5.82 Å². The number of aromatic nitrogens is 2. The molecule has 1 aliphatic rings. The van der Waals surface area contributed by atoms with Crippen LogP contribution in [0.25, 0.3) is 0 Å². The molecule has 3 N–H and O–H groups in total. The summed E-state index contributed by atoms with van der Waals surface area (Å²) in [6.07, 6.45) is 0.563. The van der Waals surface area contributed by atoms with E-state index in [1.807, 2.05) is 52.0 Å². The van der Waals surface area contributed by atoms with Crippen molar-refractivity contribution in [1.82, 2.24) is 20.4 Å². The Hall–Kier alpha value is -2.67. The third-order valence-corrected chi connectivity index (χ3v) is 4.90. The molecule has 0 aliphatic carbocycles. The van der Waals surface area contributed by atoms with E-state index in [9.17, 15) is 9.59 Å². The molecule has 144 valence electrons. The molecule has 0 bridgehead atoms. The van der Waals surface area contributed by atoms with Crippen LogP contribution in [-0.2, 0) is 16.0 Å². The lowest BCUT2D eigenvalue weighted by Crippen LogP contribution is -2.57. The van der Waals surface area contributed by atoms with E-state index in [0.29, 0.717) is 5.82 Å². The quantitative estimate of drug-likeness (QED) is 0.754. The lowest BCUT2D eigenvalue weighted by molar-refractivity contribution is -0.130. The lowest BCUT2D eigenvalue weighted by Gasteiger charge is -2.35. The molecule has 1 aromatic heterocycles. The van der Waals surface area contributed by atoms with Crippen LogP contribution in [0.3, 0.4) is 0 Å². The molecular weight excluding hydrogens is 342 g/mol. The summed E-state index contributed by atoms with van der Waals surface area (Å²) in [5.41, 5.74) is 2.84. The van der Waals surface area contributed by atoms with Crippen LogP contribution >= 0.6 is 0 Å². The fourth-order valence-corrected chi connectivity index (χ4v) is 3.55. The van der Waals surface area contributed by atoms with Gasteiger partial charge < -0.3 is 10.6 Å². The molecule has 0 saturated carbocycles. The highest BCUT2D eigenvalue weighted by Gasteiger charge is 2.34. The highest BCUT2D eigenvalue weighted by atomic mass is 16.2. The number of nitrogens with zero attached hydrogens (tertiary/aromatic N) is 2. The predicted molar refractivity (Wildman–Crippen MR) is 104 cm³/mol. The van der Waals surface area contributed by atoms with Gasteiger partial charge in [0.25, 0.3) is 0 Å². The van der Waals surface area contributed by atoms with Crippen LogP contribution in [0.15, 0.2) is 30.3 Å². The van der Waals surface area contributed by atoms with Crippen LogP contribution < -0.4 is 16.0 Å². The van der Waals surface area contributed by atoms with Gasteiger partial charge in [-0.1, -0.05) is 36.8 Å². The van der Waals surface area contributed by atoms with Gasteiger partial charge in [-0.3, -0.25) is 14.9 Å². The van der Waals surface area contributed by atoms with E-state index < -0.39 is 6.29 Å². The molecule has 7 nitrogen and oxygen atoms in total. The molecule has 1 aliphatic heterocycles. The average molecular weight is 369 g/mol. The number of hydrogen-bond acceptors (Lipinski definition) is 4. The first-order valence-corrected chi connectivity index (χ1v) is 9.35. The van der Waals surface area contributed by atoms with Gasteiger partial charge in [-0.05, 0) is 32.8 Å². The first kappa shape index (κ1) is 19.1. The molecule has 2 heterocycles. The van der Waals surface area contributed by atoms with Gasteiger partial charge in [0.15, 0.2) is 6.29 Å². The summed E-state index contributed by atoms with van der Waals surface area (Å²) in [7, 11) is 0. The number of anilines is 1. The minimum absolute atomic E-state index is 0.000981. The number of aryl methyl sites for hydroxylation is 2. The summed E-state index contributed by atoms with van der Waals surface area (Å²) in [6.45, 7) is 7.85. The van der Waals surface area contributed by atoms with Crippen molar-refractivity contribution in [2.24, 2.45) is 5.92 Å². The summed E-state index contributed by atoms with van der Waals surface area (Å²) in [5.74, 6) is 0.365. The van der Waals surface area contributed by atoms with E-state index in [-0.39, 0.29) is 30.2 Å². The van der Waals surface area contributed by atoms with E-state index in [1.54, 1.807) is 10.7 Å². The normalized spacial score (nSPS) is 22.4. The number of nitrogens with one attached hydrogen (secondary N) is 3. The average Bonchev–Trinajstić information content (AvgIpc) is 2.94. The Kier molecular flexibility index (Phi) is 5.60. The van der Waals surface area contributed by atoms with Crippen molar-refractivity contribution < 1.29 is 9.59 Å². The number of benzene rings is 1. The van der Waals surface area contributed by atoms with Crippen LogP contribution in [0.4, 0.5) is 5.82 Å². The Bertz CT molecular complexity index is 845. The Morgan fingerprint density at radius 2 is 2.07 bits per heavy atom. The highest BCUT2D eigenvalue weighted by molar-refractivity contribution is 5.91. The van der Waals surface area contributed by atoms with Crippen molar-refractivity contribution in [1.29, 1.82) is 0 Å². The molecule has 3 atom stereocenters. The summed E-state index contributed by atoms with van der Waals surface area (Å²) in [5, 5.41) is 13.7. The van der Waals surface area contributed by atoms with Gasteiger partial charge in [-0.15, -0.1) is 0 Å². The monoisotopic (exact) mass is 369 g/mol. The summed E-state index contributed by atoms with van der Waals surface area (Å²) in [6, 6.07) is 9.70. The van der Waals surface area contributed by atoms with Gasteiger partial charge in [0.05, 0.1) is 18.0 Å². The third-order valence-electron chi connectivity index (χ3n) is 4.90. The van der Waals surface area contributed by atoms with Crippen molar-refractivity contribution in [2.45, 2.75) is 52.9 Å². The third kappa shape index (κ3) is 4.36. The number of amides is 2. The molecule has 1 fully saturated rings. The zero-order chi connectivity index (χ0) is 19.6. The van der Waals surface area contributed by atoms with Crippen molar-refractivity contribution in [2.75, 3.05) is 5.32 Å². The first-order chi connectivity index (χ1) is 12.9. The molecule has 7 heteroatoms. The van der Waals surface area contributed by atoms with Crippen molar-refractivity contribution in [3.05, 3.63) is 47.2 Å². The Labute approximate surface area is 159 Å². The Balaban J connectivity index is 1.74.